The largest absolute Gasteiger partial charge is 0.481 e. The number of amides is 1. The Morgan fingerprint density at radius 1 is 1.15 bits per heavy atom. The molecule has 2 aliphatic heterocycles. The summed E-state index contributed by atoms with van der Waals surface area (Å²) in [7, 11) is 1.59. The third-order valence-corrected chi connectivity index (χ3v) is 10.2. The van der Waals surface area contributed by atoms with Gasteiger partial charge in [0.25, 0.3) is 0 Å². The average molecular weight is 572 g/mol. The molecule has 0 spiro atoms. The number of fused-ring (bicyclic) bond motifs is 2. The molecule has 1 aromatic carbocycles. The molecule has 7 atom stereocenters. The van der Waals surface area contributed by atoms with Crippen LogP contribution >= 0.6 is 23.5 Å². The van der Waals surface area contributed by atoms with Crippen molar-refractivity contribution in [3.05, 3.63) is 58.7 Å². The summed E-state index contributed by atoms with van der Waals surface area (Å²) in [6.45, 7) is 2.23. The lowest BCUT2D eigenvalue weighted by Crippen LogP contribution is -2.53. The van der Waals surface area contributed by atoms with Crippen molar-refractivity contribution in [2.24, 2.45) is 11.7 Å². The number of methoxy groups -OCH3 is 1. The van der Waals surface area contributed by atoms with Gasteiger partial charge in [0.2, 0.25) is 11.8 Å². The van der Waals surface area contributed by atoms with Crippen molar-refractivity contribution in [2.75, 3.05) is 26.0 Å². The Hall–Kier alpha value is -1.84. The molecular weight excluding hydrogens is 530 g/mol. The lowest BCUT2D eigenvalue weighted by Gasteiger charge is -2.39. The summed E-state index contributed by atoms with van der Waals surface area (Å²) in [5.74, 6) is 1.80. The highest BCUT2D eigenvalue weighted by molar-refractivity contribution is 7.97. The lowest BCUT2D eigenvalue weighted by atomic mass is 9.80. The number of carbonyl (C=O) groups excluding carboxylic acids is 1. The van der Waals surface area contributed by atoms with E-state index in [1.165, 1.54) is 37.9 Å². The van der Waals surface area contributed by atoms with E-state index < -0.39 is 6.04 Å². The Labute approximate surface area is 242 Å². The molecular formula is C30H42ClN5O2S. The van der Waals surface area contributed by atoms with Crippen molar-refractivity contribution in [1.82, 2.24) is 19.9 Å². The Balaban J connectivity index is 1.25. The van der Waals surface area contributed by atoms with Gasteiger partial charge in [-0.3, -0.25) is 4.79 Å². The number of ether oxygens (including phenoxy) is 1. The van der Waals surface area contributed by atoms with Gasteiger partial charge in [0.1, 0.15) is 0 Å². The molecule has 212 valence electrons. The molecule has 2 aromatic rings. The number of benzene rings is 1. The number of piperazine rings is 1. The van der Waals surface area contributed by atoms with Gasteiger partial charge in [0.05, 0.1) is 13.2 Å². The van der Waals surface area contributed by atoms with Gasteiger partial charge in [-0.2, -0.15) is 0 Å². The van der Waals surface area contributed by atoms with E-state index in [0.717, 1.165) is 43.5 Å². The number of hydrogen-bond acceptors (Lipinski definition) is 7. The molecule has 7 nitrogen and oxygen atoms in total. The van der Waals surface area contributed by atoms with Crippen LogP contribution in [0.4, 0.5) is 0 Å². The van der Waals surface area contributed by atoms with E-state index in [1.807, 2.05) is 48.3 Å². The third kappa shape index (κ3) is 7.27. The van der Waals surface area contributed by atoms with Crippen molar-refractivity contribution in [3.63, 3.8) is 0 Å². The zero-order chi connectivity index (χ0) is 27.2. The number of nitrogens with two attached hydrogens (primary N) is 1. The molecule has 1 amide bonds. The third-order valence-electron chi connectivity index (χ3n) is 8.73. The summed E-state index contributed by atoms with van der Waals surface area (Å²) >= 11 is 8.20. The predicted molar refractivity (Wildman–Crippen MR) is 159 cm³/mol. The molecule has 3 aliphatic rings. The second kappa shape index (κ2) is 13.7. The molecule has 3 fully saturated rings. The van der Waals surface area contributed by atoms with Crippen LogP contribution in [0.25, 0.3) is 0 Å². The van der Waals surface area contributed by atoms with Crippen molar-refractivity contribution in [2.45, 2.75) is 81.5 Å². The van der Waals surface area contributed by atoms with Gasteiger partial charge >= 0.3 is 0 Å². The molecule has 5 rings (SSSR count). The van der Waals surface area contributed by atoms with Crippen LogP contribution in [0.5, 0.6) is 5.88 Å². The van der Waals surface area contributed by atoms with Crippen LogP contribution in [0.3, 0.4) is 0 Å². The smallest absolute Gasteiger partial charge is 0.238 e. The normalized spacial score (nSPS) is 28.6. The van der Waals surface area contributed by atoms with E-state index in [-0.39, 0.29) is 17.9 Å². The molecule has 39 heavy (non-hydrogen) atoms. The van der Waals surface area contributed by atoms with Crippen LogP contribution < -0.4 is 21.1 Å². The van der Waals surface area contributed by atoms with E-state index in [2.05, 4.69) is 19.9 Å². The van der Waals surface area contributed by atoms with Crippen LogP contribution in [0.1, 0.15) is 68.4 Å². The predicted octanol–water partition coefficient (Wildman–Crippen LogP) is 4.74. The summed E-state index contributed by atoms with van der Waals surface area (Å²) in [5.41, 5.74) is 8.55. The topological polar surface area (TPSA) is 92.5 Å². The van der Waals surface area contributed by atoms with E-state index in [4.69, 9.17) is 22.1 Å². The summed E-state index contributed by atoms with van der Waals surface area (Å²) in [6.07, 6.45) is 11.2. The Kier molecular flexibility index (Phi) is 10.1. The maximum absolute atomic E-state index is 13.7. The first-order chi connectivity index (χ1) is 19.0. The fraction of sp³-hybridized carbons (Fsp3) is 0.600. The maximum Gasteiger partial charge on any atom is 0.238 e. The molecule has 1 unspecified atom stereocenters. The average Bonchev–Trinajstić information content (AvgIpc) is 3.16. The van der Waals surface area contributed by atoms with Gasteiger partial charge in [-0.15, -0.1) is 0 Å². The molecule has 1 aromatic heterocycles. The highest BCUT2D eigenvalue weighted by Crippen LogP contribution is 2.33. The minimum absolute atomic E-state index is 0.104. The van der Waals surface area contributed by atoms with E-state index >= 15 is 0 Å². The second-order valence-electron chi connectivity index (χ2n) is 11.3. The first kappa shape index (κ1) is 28.7. The van der Waals surface area contributed by atoms with Crippen molar-refractivity contribution in [3.8, 4) is 5.88 Å². The second-order valence-corrected chi connectivity index (χ2v) is 12.8. The molecule has 3 heterocycles. The summed E-state index contributed by atoms with van der Waals surface area (Å²) in [6, 6.07) is 11.9. The number of nitrogens with zero attached hydrogens (tertiary/aromatic N) is 2. The Bertz CT molecular complexity index is 1070. The zero-order valence-electron chi connectivity index (χ0n) is 22.9. The number of rotatable bonds is 9. The van der Waals surface area contributed by atoms with Gasteiger partial charge in [-0.1, -0.05) is 54.6 Å². The Morgan fingerprint density at radius 3 is 2.72 bits per heavy atom. The number of carbonyl (C=O) groups is 1. The number of nitrogens with one attached hydrogen (secondary N) is 2. The standard InChI is InChI=1S/C30H42ClN5O2S/c1-38-27-15-11-22(17-34-27)28(21-8-12-23(31)13-9-21)29(32)30(37)35-26-7-3-2-5-20(26)10-14-25-18-33-24-6-4-16-39-36(25)19-24/h8-9,11-13,15,17,20,24-26,28-29,33H,2-7,10,14,16,18-19,32H2,1H3,(H,35,37)/t20-,24-,25+,26+,28+,29+/m1/s1. The summed E-state index contributed by atoms with van der Waals surface area (Å²) < 4.78 is 7.88. The molecule has 2 saturated heterocycles. The summed E-state index contributed by atoms with van der Waals surface area (Å²) in [5, 5.41) is 7.82. The van der Waals surface area contributed by atoms with Gasteiger partial charge in [-0.25, -0.2) is 9.29 Å². The van der Waals surface area contributed by atoms with Gasteiger partial charge in [0, 0.05) is 60.2 Å². The van der Waals surface area contributed by atoms with Crippen LogP contribution in [0.15, 0.2) is 42.6 Å². The van der Waals surface area contributed by atoms with Crippen molar-refractivity contribution in [1.29, 1.82) is 0 Å². The van der Waals surface area contributed by atoms with Gasteiger partial charge < -0.3 is 21.1 Å². The number of aromatic nitrogens is 1. The SMILES string of the molecule is COc1ccc([C@H](c2ccc(Cl)cc2)[C@H](N)C(=O)N[C@H]2CCCC[C@@H]2CC[C@H]2CN[C@@H]3CCCSN2C3)cn1. The molecule has 9 heteroatoms. The quantitative estimate of drug-likeness (QED) is 0.374. The van der Waals surface area contributed by atoms with Gasteiger partial charge in [-0.05, 0) is 67.7 Å². The molecule has 1 saturated carbocycles. The maximum atomic E-state index is 13.7. The molecule has 0 radical (unpaired) electrons. The van der Waals surface area contributed by atoms with E-state index in [9.17, 15) is 4.79 Å². The van der Waals surface area contributed by atoms with E-state index in [0.29, 0.717) is 28.9 Å². The first-order valence-corrected chi connectivity index (χ1v) is 15.8. The van der Waals surface area contributed by atoms with Crippen LogP contribution in [-0.2, 0) is 4.79 Å². The number of pyridine rings is 1. The molecule has 2 bridgehead atoms. The lowest BCUT2D eigenvalue weighted by molar-refractivity contribution is -0.124. The number of halogens is 1. The molecule has 1 aliphatic carbocycles. The van der Waals surface area contributed by atoms with Crippen LogP contribution in [0, 0.1) is 5.92 Å². The van der Waals surface area contributed by atoms with Crippen LogP contribution in [0.2, 0.25) is 5.02 Å². The van der Waals surface area contributed by atoms with Crippen molar-refractivity contribution >= 4 is 29.5 Å². The number of hydrogen-bond donors (Lipinski definition) is 3. The van der Waals surface area contributed by atoms with Crippen molar-refractivity contribution < 1.29 is 9.53 Å². The highest BCUT2D eigenvalue weighted by atomic mass is 35.5. The minimum atomic E-state index is -0.753. The van der Waals surface area contributed by atoms with Gasteiger partial charge in [0.15, 0.2) is 0 Å². The highest BCUT2D eigenvalue weighted by Gasteiger charge is 2.35. The Morgan fingerprint density at radius 2 is 1.95 bits per heavy atom. The molecule has 4 N–H and O–H groups in total. The first-order valence-electron chi connectivity index (χ1n) is 14.5. The van der Waals surface area contributed by atoms with E-state index in [1.54, 1.807) is 13.3 Å². The minimum Gasteiger partial charge on any atom is -0.481 e. The monoisotopic (exact) mass is 571 g/mol. The fourth-order valence-corrected chi connectivity index (χ4v) is 7.83. The summed E-state index contributed by atoms with van der Waals surface area (Å²) in [4.78, 5) is 18.1. The fourth-order valence-electron chi connectivity index (χ4n) is 6.50. The zero-order valence-corrected chi connectivity index (χ0v) is 24.4. The van der Waals surface area contributed by atoms with Crippen LogP contribution in [-0.4, -0.2) is 65.3 Å².